The van der Waals surface area contributed by atoms with Crippen LogP contribution in [-0.2, 0) is 16.7 Å². The molecule has 0 fully saturated rings. The molecule has 0 saturated carbocycles. The van der Waals surface area contributed by atoms with Crippen LogP contribution in [0, 0.1) is 3.57 Å². The Kier molecular flexibility index (Phi) is 3.83. The number of hydrogen-bond acceptors (Lipinski definition) is 6. The number of halogens is 1. The Morgan fingerprint density at radius 3 is 2.64 bits per heavy atom. The molecule has 0 saturated heterocycles. The maximum absolute atomic E-state index is 12.4. The van der Waals surface area contributed by atoms with Gasteiger partial charge in [0.25, 0.3) is 0 Å². The van der Waals surface area contributed by atoms with Gasteiger partial charge >= 0.3 is 16.1 Å². The van der Waals surface area contributed by atoms with E-state index in [-0.39, 0.29) is 28.6 Å². The predicted molar refractivity (Wildman–Crippen MR) is 84.3 cm³/mol. The van der Waals surface area contributed by atoms with Gasteiger partial charge in [-0.2, -0.15) is 8.42 Å². The summed E-state index contributed by atoms with van der Waals surface area (Å²) in [6.07, 6.45) is 0. The third-order valence-corrected chi connectivity index (χ3v) is 5.11. The molecular formula is C14H9IO6S. The Morgan fingerprint density at radius 2 is 1.91 bits per heavy atom. The molecule has 0 spiro atoms. The van der Waals surface area contributed by atoms with Crippen LogP contribution in [0.1, 0.15) is 15.9 Å². The third-order valence-electron chi connectivity index (χ3n) is 3.02. The topological polar surface area (TPSA) is 89.9 Å². The summed E-state index contributed by atoms with van der Waals surface area (Å²) in [4.78, 5) is 12.0. The second-order valence-electron chi connectivity index (χ2n) is 4.49. The number of aliphatic hydroxyl groups is 1. The van der Waals surface area contributed by atoms with Crippen molar-refractivity contribution in [1.82, 2.24) is 0 Å². The van der Waals surface area contributed by atoms with Crippen LogP contribution >= 0.6 is 22.6 Å². The Hall–Kier alpha value is -1.65. The normalized spacial score (nSPS) is 15.6. The predicted octanol–water partition coefficient (Wildman–Crippen LogP) is 2.08. The Labute approximate surface area is 139 Å². The number of fused-ring (bicyclic) bond motifs is 2. The molecule has 1 aliphatic rings. The van der Waals surface area contributed by atoms with Gasteiger partial charge in [-0.1, -0.05) is 12.1 Å². The summed E-state index contributed by atoms with van der Waals surface area (Å²) in [5.41, 5.74) is 0.378. The van der Waals surface area contributed by atoms with Crippen molar-refractivity contribution in [3.05, 3.63) is 51.1 Å². The van der Waals surface area contributed by atoms with Crippen molar-refractivity contribution in [1.29, 1.82) is 0 Å². The smallest absolute Gasteiger partial charge is 0.345 e. The van der Waals surface area contributed by atoms with E-state index in [2.05, 4.69) is 0 Å². The molecule has 0 unspecified atom stereocenters. The average Bonchev–Trinajstić information content (AvgIpc) is 2.49. The van der Waals surface area contributed by atoms with Crippen molar-refractivity contribution in [2.45, 2.75) is 11.5 Å². The maximum atomic E-state index is 12.4. The summed E-state index contributed by atoms with van der Waals surface area (Å²) >= 11 is 1.85. The molecule has 2 aromatic rings. The van der Waals surface area contributed by atoms with Crippen molar-refractivity contribution < 1.29 is 27.2 Å². The van der Waals surface area contributed by atoms with E-state index < -0.39 is 16.1 Å². The first kappa shape index (κ1) is 15.3. The summed E-state index contributed by atoms with van der Waals surface area (Å²) in [5, 5.41) is 9.21. The zero-order valence-electron chi connectivity index (χ0n) is 10.9. The number of esters is 1. The van der Waals surface area contributed by atoms with Gasteiger partial charge in [-0.25, -0.2) is 4.79 Å². The molecule has 1 aliphatic heterocycles. The fourth-order valence-electron chi connectivity index (χ4n) is 2.03. The van der Waals surface area contributed by atoms with Crippen molar-refractivity contribution in [2.75, 3.05) is 0 Å². The molecule has 8 heteroatoms. The van der Waals surface area contributed by atoms with Gasteiger partial charge in [0, 0.05) is 0 Å². The van der Waals surface area contributed by atoms with Crippen LogP contribution in [0.25, 0.3) is 0 Å². The molecule has 0 radical (unpaired) electrons. The van der Waals surface area contributed by atoms with E-state index in [1.54, 1.807) is 6.07 Å². The summed E-state index contributed by atoms with van der Waals surface area (Å²) in [6.45, 7) is -0.274. The van der Waals surface area contributed by atoms with Gasteiger partial charge < -0.3 is 14.0 Å². The van der Waals surface area contributed by atoms with E-state index in [0.717, 1.165) is 0 Å². The summed E-state index contributed by atoms with van der Waals surface area (Å²) < 4.78 is 35.5. The Morgan fingerprint density at radius 1 is 1.18 bits per heavy atom. The van der Waals surface area contributed by atoms with Crippen molar-refractivity contribution in [2.24, 2.45) is 0 Å². The number of benzene rings is 2. The van der Waals surface area contributed by atoms with Crippen LogP contribution in [0.3, 0.4) is 0 Å². The average molecular weight is 432 g/mol. The lowest BCUT2D eigenvalue weighted by Gasteiger charge is -2.18. The highest BCUT2D eigenvalue weighted by Gasteiger charge is 2.31. The number of aliphatic hydroxyl groups excluding tert-OH is 1. The molecule has 6 nitrogen and oxygen atoms in total. The van der Waals surface area contributed by atoms with Crippen LogP contribution in [0.5, 0.6) is 11.5 Å². The van der Waals surface area contributed by atoms with E-state index in [1.165, 1.54) is 30.3 Å². The number of rotatable bonds is 1. The number of hydrogen-bond donors (Lipinski definition) is 1. The van der Waals surface area contributed by atoms with Crippen LogP contribution in [0.4, 0.5) is 0 Å². The van der Waals surface area contributed by atoms with Gasteiger partial charge in [0.15, 0.2) is 11.5 Å². The maximum Gasteiger partial charge on any atom is 0.345 e. The Bertz CT molecular complexity index is 875. The second-order valence-corrected chi connectivity index (χ2v) is 7.16. The van der Waals surface area contributed by atoms with Crippen molar-refractivity contribution in [3.8, 4) is 11.5 Å². The minimum absolute atomic E-state index is 0.0426. The van der Waals surface area contributed by atoms with Crippen LogP contribution in [0.15, 0.2) is 41.3 Å². The first-order valence-corrected chi connectivity index (χ1v) is 8.60. The minimum Gasteiger partial charge on any atom is -0.419 e. The number of ether oxygens (including phenoxy) is 1. The first-order valence-electron chi connectivity index (χ1n) is 6.11. The molecule has 0 bridgehead atoms. The van der Waals surface area contributed by atoms with Gasteiger partial charge in [-0.15, -0.1) is 0 Å². The quantitative estimate of drug-likeness (QED) is 0.321. The molecule has 1 heterocycles. The van der Waals surface area contributed by atoms with E-state index in [1.807, 2.05) is 22.6 Å². The van der Waals surface area contributed by atoms with E-state index >= 15 is 0 Å². The number of carbonyl (C=O) groups is 1. The lowest BCUT2D eigenvalue weighted by Crippen LogP contribution is -2.21. The summed E-state index contributed by atoms with van der Waals surface area (Å²) in [5.74, 6) is -0.908. The lowest BCUT2D eigenvalue weighted by molar-refractivity contribution is 0.0724. The molecule has 0 amide bonds. The zero-order chi connectivity index (χ0) is 15.9. The fraction of sp³-hybridized carbons (Fsp3) is 0.0714. The SMILES string of the molecule is O=C1Oc2cc(CO)cc(I)c2OS(=O)(=O)c2ccccc21. The molecule has 3 rings (SSSR count). The fourth-order valence-corrected chi connectivity index (χ4v) is 4.10. The number of carbonyl (C=O) groups excluding carboxylic acids is 1. The van der Waals surface area contributed by atoms with E-state index in [9.17, 15) is 18.3 Å². The molecule has 0 atom stereocenters. The third kappa shape index (κ3) is 2.57. The molecule has 114 valence electrons. The van der Waals surface area contributed by atoms with Gasteiger partial charge in [0.05, 0.1) is 15.7 Å². The van der Waals surface area contributed by atoms with Crippen LogP contribution in [-0.4, -0.2) is 19.5 Å². The zero-order valence-corrected chi connectivity index (χ0v) is 13.9. The second kappa shape index (κ2) is 5.52. The van der Waals surface area contributed by atoms with Crippen molar-refractivity contribution in [3.63, 3.8) is 0 Å². The van der Waals surface area contributed by atoms with Crippen molar-refractivity contribution >= 4 is 38.7 Å². The van der Waals surface area contributed by atoms with E-state index in [4.69, 9.17) is 8.92 Å². The molecule has 22 heavy (non-hydrogen) atoms. The van der Waals surface area contributed by atoms with Crippen LogP contribution < -0.4 is 8.92 Å². The van der Waals surface area contributed by atoms with Gasteiger partial charge in [-0.3, -0.25) is 0 Å². The largest absolute Gasteiger partial charge is 0.419 e. The molecule has 0 aromatic heterocycles. The first-order chi connectivity index (χ1) is 10.4. The molecule has 2 aromatic carbocycles. The highest BCUT2D eigenvalue weighted by Crippen LogP contribution is 2.38. The minimum atomic E-state index is -4.16. The Balaban J connectivity index is 2.25. The standard InChI is InChI=1S/C14H9IO6S/c15-10-5-8(7-16)6-11-13(10)21-22(18,19)12-4-2-1-3-9(12)14(17)20-11/h1-6,16H,7H2. The molecule has 1 N–H and O–H groups in total. The summed E-state index contributed by atoms with van der Waals surface area (Å²) in [6, 6.07) is 8.59. The monoisotopic (exact) mass is 432 g/mol. The highest BCUT2D eigenvalue weighted by molar-refractivity contribution is 14.1. The van der Waals surface area contributed by atoms with Crippen LogP contribution in [0.2, 0.25) is 0 Å². The van der Waals surface area contributed by atoms with E-state index in [0.29, 0.717) is 9.13 Å². The lowest BCUT2D eigenvalue weighted by atomic mass is 10.2. The molecule has 0 aliphatic carbocycles. The van der Waals surface area contributed by atoms with Gasteiger partial charge in [-0.05, 0) is 52.4 Å². The highest BCUT2D eigenvalue weighted by atomic mass is 127. The molecular weight excluding hydrogens is 423 g/mol. The summed E-state index contributed by atoms with van der Waals surface area (Å²) in [7, 11) is -4.16. The van der Waals surface area contributed by atoms with Gasteiger partial charge in [0.2, 0.25) is 0 Å². The van der Waals surface area contributed by atoms with Gasteiger partial charge in [0.1, 0.15) is 4.90 Å².